The van der Waals surface area contributed by atoms with Crippen LogP contribution in [0.15, 0.2) is 0 Å². The summed E-state index contributed by atoms with van der Waals surface area (Å²) < 4.78 is 5.35. The Morgan fingerprint density at radius 1 is 1.22 bits per heavy atom. The van der Waals surface area contributed by atoms with Crippen LogP contribution in [0, 0.1) is 11.8 Å². The minimum absolute atomic E-state index is 0.442. The fourth-order valence-electron chi connectivity index (χ4n) is 1.99. The van der Waals surface area contributed by atoms with Crippen molar-refractivity contribution in [3.8, 4) is 0 Å². The zero-order valence-electron chi connectivity index (χ0n) is 5.55. The van der Waals surface area contributed by atoms with E-state index in [9.17, 15) is 0 Å². The van der Waals surface area contributed by atoms with Gasteiger partial charge in [0.15, 0.2) is 0 Å². The van der Waals surface area contributed by atoms with E-state index in [1.807, 2.05) is 0 Å². The van der Waals surface area contributed by atoms with Crippen molar-refractivity contribution >= 4 is 0 Å². The van der Waals surface area contributed by atoms with E-state index in [2.05, 4.69) is 0 Å². The summed E-state index contributed by atoms with van der Waals surface area (Å²) in [5.41, 5.74) is 5.84. The lowest BCUT2D eigenvalue weighted by Crippen LogP contribution is -2.27. The van der Waals surface area contributed by atoms with Gasteiger partial charge < -0.3 is 10.5 Å². The summed E-state index contributed by atoms with van der Waals surface area (Å²) in [6, 6.07) is 0.442. The zero-order chi connectivity index (χ0) is 6.27. The highest BCUT2D eigenvalue weighted by molar-refractivity contribution is 4.88. The van der Waals surface area contributed by atoms with Gasteiger partial charge in [0.1, 0.15) is 0 Å². The average Bonchev–Trinajstić information content (AvgIpc) is 2.09. The van der Waals surface area contributed by atoms with Gasteiger partial charge in [-0.15, -0.1) is 0 Å². The second kappa shape index (κ2) is 1.96. The number of fused-ring (bicyclic) bond motifs is 2. The molecule has 0 amide bonds. The molecule has 1 aliphatic carbocycles. The predicted molar refractivity (Wildman–Crippen MR) is 35.0 cm³/mol. The molecule has 1 saturated carbocycles. The van der Waals surface area contributed by atoms with Crippen LogP contribution in [0.5, 0.6) is 0 Å². The number of hydrogen-bond donors (Lipinski definition) is 1. The van der Waals surface area contributed by atoms with Crippen molar-refractivity contribution in [2.24, 2.45) is 17.6 Å². The second-order valence-corrected chi connectivity index (χ2v) is 3.30. The van der Waals surface area contributed by atoms with Gasteiger partial charge in [-0.05, 0) is 24.7 Å². The molecule has 1 saturated heterocycles. The molecule has 2 rings (SSSR count). The molecule has 9 heavy (non-hydrogen) atoms. The maximum Gasteiger partial charge on any atom is 0.0509 e. The molecule has 0 aromatic carbocycles. The smallest absolute Gasteiger partial charge is 0.0509 e. The van der Waals surface area contributed by atoms with E-state index in [-0.39, 0.29) is 0 Å². The highest BCUT2D eigenvalue weighted by Crippen LogP contribution is 2.33. The van der Waals surface area contributed by atoms with Crippen LogP contribution in [0.2, 0.25) is 0 Å². The second-order valence-electron chi connectivity index (χ2n) is 3.30. The van der Waals surface area contributed by atoms with Crippen LogP contribution < -0.4 is 5.73 Å². The van der Waals surface area contributed by atoms with Crippen molar-refractivity contribution in [3.05, 3.63) is 0 Å². The van der Waals surface area contributed by atoms with Crippen LogP contribution >= 0.6 is 0 Å². The summed E-state index contributed by atoms with van der Waals surface area (Å²) in [6.45, 7) is 1.88. The Bertz CT molecular complexity index is 113. The molecular formula is C7H13NO. The first-order valence-corrected chi connectivity index (χ1v) is 3.69. The maximum absolute atomic E-state index is 5.84. The van der Waals surface area contributed by atoms with Gasteiger partial charge in [-0.1, -0.05) is 0 Å². The summed E-state index contributed by atoms with van der Waals surface area (Å²) in [4.78, 5) is 0. The Hall–Kier alpha value is -0.0800. The van der Waals surface area contributed by atoms with Gasteiger partial charge in [0.05, 0.1) is 6.61 Å². The summed E-state index contributed by atoms with van der Waals surface area (Å²) in [6.07, 6.45) is 2.52. The first kappa shape index (κ1) is 5.69. The molecule has 1 aliphatic heterocycles. The van der Waals surface area contributed by atoms with E-state index in [1.54, 1.807) is 0 Å². The van der Waals surface area contributed by atoms with Crippen LogP contribution in [0.1, 0.15) is 12.8 Å². The third-order valence-corrected chi connectivity index (χ3v) is 2.53. The number of nitrogens with two attached hydrogens (primary N) is 1. The minimum atomic E-state index is 0.442. The van der Waals surface area contributed by atoms with Gasteiger partial charge in [-0.25, -0.2) is 0 Å². The van der Waals surface area contributed by atoms with Gasteiger partial charge >= 0.3 is 0 Å². The molecule has 2 nitrogen and oxygen atoms in total. The van der Waals surface area contributed by atoms with Gasteiger partial charge in [0.25, 0.3) is 0 Å². The van der Waals surface area contributed by atoms with E-state index < -0.39 is 0 Å². The highest BCUT2D eigenvalue weighted by atomic mass is 16.5. The maximum atomic E-state index is 5.84. The molecule has 0 aromatic heterocycles. The highest BCUT2D eigenvalue weighted by Gasteiger charge is 2.35. The van der Waals surface area contributed by atoms with Gasteiger partial charge in [-0.3, -0.25) is 0 Å². The van der Waals surface area contributed by atoms with Crippen molar-refractivity contribution in [2.75, 3.05) is 13.2 Å². The molecule has 2 aliphatic rings. The summed E-state index contributed by atoms with van der Waals surface area (Å²) in [7, 11) is 0. The molecular weight excluding hydrogens is 114 g/mol. The average molecular weight is 127 g/mol. The fourth-order valence-corrected chi connectivity index (χ4v) is 1.99. The summed E-state index contributed by atoms with van der Waals surface area (Å²) in [5, 5.41) is 0. The zero-order valence-corrected chi connectivity index (χ0v) is 5.55. The predicted octanol–water partition coefficient (Wildman–Crippen LogP) is 0.370. The molecule has 2 bridgehead atoms. The standard InChI is InChI=1S/C7H13NO/c8-7-2-5-1-6(7)4-9-3-5/h5-7H,1-4,8H2/t5?,6?,7-/m1/s1. The number of rotatable bonds is 0. The minimum Gasteiger partial charge on any atom is -0.381 e. The molecule has 2 unspecified atom stereocenters. The first-order valence-electron chi connectivity index (χ1n) is 3.69. The molecule has 0 radical (unpaired) electrons. The quantitative estimate of drug-likeness (QED) is 0.510. The lowest BCUT2D eigenvalue weighted by Gasteiger charge is -2.19. The molecule has 52 valence electrons. The molecule has 2 fully saturated rings. The van der Waals surface area contributed by atoms with E-state index >= 15 is 0 Å². The van der Waals surface area contributed by atoms with Crippen LogP contribution in [-0.2, 0) is 4.74 Å². The van der Waals surface area contributed by atoms with Crippen LogP contribution in [0.3, 0.4) is 0 Å². The molecule has 0 aromatic rings. The third kappa shape index (κ3) is 0.864. The Morgan fingerprint density at radius 2 is 2.11 bits per heavy atom. The Morgan fingerprint density at radius 3 is 2.78 bits per heavy atom. The third-order valence-electron chi connectivity index (χ3n) is 2.53. The molecule has 2 heteroatoms. The molecule has 2 N–H and O–H groups in total. The fraction of sp³-hybridized carbons (Fsp3) is 1.00. The van der Waals surface area contributed by atoms with Crippen LogP contribution in [0.4, 0.5) is 0 Å². The van der Waals surface area contributed by atoms with Crippen molar-refractivity contribution < 1.29 is 4.74 Å². The lowest BCUT2D eigenvalue weighted by molar-refractivity contribution is 0.0459. The van der Waals surface area contributed by atoms with E-state index in [4.69, 9.17) is 10.5 Å². The molecule has 0 spiro atoms. The number of hydrogen-bond acceptors (Lipinski definition) is 2. The monoisotopic (exact) mass is 127 g/mol. The van der Waals surface area contributed by atoms with Crippen molar-refractivity contribution in [3.63, 3.8) is 0 Å². The SMILES string of the molecule is N[C@@H]1CC2COCC1C2. The summed E-state index contributed by atoms with van der Waals surface area (Å²) in [5.74, 6) is 1.47. The van der Waals surface area contributed by atoms with Gasteiger partial charge in [0.2, 0.25) is 0 Å². The van der Waals surface area contributed by atoms with Gasteiger partial charge in [0, 0.05) is 12.6 Å². The van der Waals surface area contributed by atoms with E-state index in [1.165, 1.54) is 12.8 Å². The molecule has 3 atom stereocenters. The van der Waals surface area contributed by atoms with Gasteiger partial charge in [-0.2, -0.15) is 0 Å². The largest absolute Gasteiger partial charge is 0.381 e. The lowest BCUT2D eigenvalue weighted by atomic mass is 10.0. The van der Waals surface area contributed by atoms with Crippen molar-refractivity contribution in [2.45, 2.75) is 18.9 Å². The molecule has 1 heterocycles. The topological polar surface area (TPSA) is 35.2 Å². The Balaban J connectivity index is 2.07. The van der Waals surface area contributed by atoms with Crippen LogP contribution in [-0.4, -0.2) is 19.3 Å². The Labute approximate surface area is 55.4 Å². The normalized spacial score (nSPS) is 49.7. The summed E-state index contributed by atoms with van der Waals surface area (Å²) >= 11 is 0. The van der Waals surface area contributed by atoms with Crippen molar-refractivity contribution in [1.29, 1.82) is 0 Å². The van der Waals surface area contributed by atoms with Crippen molar-refractivity contribution in [1.82, 2.24) is 0 Å². The first-order chi connectivity index (χ1) is 4.36. The Kier molecular flexibility index (Phi) is 1.24. The van der Waals surface area contributed by atoms with E-state index in [0.717, 1.165) is 19.1 Å². The van der Waals surface area contributed by atoms with E-state index in [0.29, 0.717) is 12.0 Å². The van der Waals surface area contributed by atoms with Crippen LogP contribution in [0.25, 0.3) is 0 Å². The number of ether oxygens (including phenoxy) is 1.